The van der Waals surface area contributed by atoms with Crippen molar-refractivity contribution in [2.75, 3.05) is 18.2 Å². The monoisotopic (exact) mass is 266 g/mol. The second-order valence-electron chi connectivity index (χ2n) is 4.03. The van der Waals surface area contributed by atoms with Crippen LogP contribution < -0.4 is 16.4 Å². The fourth-order valence-corrected chi connectivity index (χ4v) is 2.84. The van der Waals surface area contributed by atoms with Crippen LogP contribution >= 0.6 is 11.8 Å². The molecule has 1 aromatic carbocycles. The summed E-state index contributed by atoms with van der Waals surface area (Å²) in [6, 6.07) is 9.61. The lowest BCUT2D eigenvalue weighted by atomic mass is 10.2. The molecule has 1 aliphatic rings. The van der Waals surface area contributed by atoms with E-state index in [0.29, 0.717) is 10.4 Å². The molecule has 0 amide bonds. The highest BCUT2D eigenvalue weighted by Gasteiger charge is 2.20. The molecule has 0 aliphatic carbocycles. The van der Waals surface area contributed by atoms with Gasteiger partial charge in [-0.3, -0.25) is 11.3 Å². The average molecular weight is 266 g/mol. The van der Waals surface area contributed by atoms with Gasteiger partial charge < -0.3 is 4.74 Å². The lowest BCUT2D eigenvalue weighted by molar-refractivity contribution is 0.100. The zero-order chi connectivity index (χ0) is 12.8. The van der Waals surface area contributed by atoms with E-state index >= 15 is 0 Å². The van der Waals surface area contributed by atoms with Gasteiger partial charge in [0.25, 0.3) is 0 Å². The lowest BCUT2D eigenvalue weighted by Gasteiger charge is -2.27. The number of amidine groups is 1. The number of hydrazine groups is 2. The van der Waals surface area contributed by atoms with Gasteiger partial charge in [-0.1, -0.05) is 30.0 Å². The van der Waals surface area contributed by atoms with E-state index in [1.807, 2.05) is 30.3 Å². The average Bonchev–Trinajstić information content (AvgIpc) is 2.42. The Balaban J connectivity index is 1.97. The number of para-hydroxylation sites is 1. The third kappa shape index (κ3) is 3.46. The highest BCUT2D eigenvalue weighted by atomic mass is 32.2. The van der Waals surface area contributed by atoms with E-state index in [9.17, 15) is 0 Å². The van der Waals surface area contributed by atoms with Crippen LogP contribution in [-0.2, 0) is 4.74 Å². The Hall–Kier alpha value is -1.08. The number of hydrogen-bond donors (Lipinski definition) is 3. The van der Waals surface area contributed by atoms with Gasteiger partial charge in [-0.15, -0.1) is 0 Å². The van der Waals surface area contributed by atoms with Crippen LogP contribution in [0.5, 0.6) is 0 Å². The van der Waals surface area contributed by atoms with Crippen LogP contribution in [0.4, 0.5) is 5.69 Å². The van der Waals surface area contributed by atoms with Crippen LogP contribution in [0.2, 0.25) is 0 Å². The number of hydrogen-bond acceptors (Lipinski definition) is 5. The Morgan fingerprint density at radius 1 is 1.33 bits per heavy atom. The highest BCUT2D eigenvalue weighted by molar-refractivity contribution is 8.14. The van der Waals surface area contributed by atoms with Gasteiger partial charge in [-0.05, 0) is 25.0 Å². The molecule has 1 aromatic rings. The molecule has 1 fully saturated rings. The summed E-state index contributed by atoms with van der Waals surface area (Å²) in [6.45, 7) is 1.57. The summed E-state index contributed by atoms with van der Waals surface area (Å²) in [5.41, 5.74) is 3.43. The summed E-state index contributed by atoms with van der Waals surface area (Å²) >= 11 is 1.53. The summed E-state index contributed by atoms with van der Waals surface area (Å²) in [5.74, 6) is 5.51. The summed E-state index contributed by atoms with van der Waals surface area (Å²) in [7, 11) is 0. The van der Waals surface area contributed by atoms with E-state index in [2.05, 4.69) is 5.53 Å². The molecule has 18 heavy (non-hydrogen) atoms. The molecule has 6 heteroatoms. The van der Waals surface area contributed by atoms with Crippen molar-refractivity contribution in [3.8, 4) is 0 Å². The van der Waals surface area contributed by atoms with Gasteiger partial charge in [0.1, 0.15) is 0 Å². The third-order valence-corrected chi connectivity index (χ3v) is 4.00. The smallest absolute Gasteiger partial charge is 0.177 e. The SMILES string of the molecule is N=C(SC1CCOCC1)N(NN)c1ccccc1. The first-order valence-corrected chi connectivity index (χ1v) is 6.83. The fraction of sp³-hybridized carbons (Fsp3) is 0.417. The Morgan fingerprint density at radius 3 is 2.61 bits per heavy atom. The van der Waals surface area contributed by atoms with E-state index < -0.39 is 0 Å². The van der Waals surface area contributed by atoms with E-state index in [0.717, 1.165) is 31.7 Å². The minimum absolute atomic E-state index is 0.413. The standard InChI is InChI=1S/C12H18N4OS/c13-12(18-11-6-8-17-9-7-11)16(15-14)10-4-2-1-3-5-10/h1-5,11,13,15H,6-9,14H2. The molecule has 0 aromatic heterocycles. The predicted octanol–water partition coefficient (Wildman–Crippen LogP) is 1.72. The minimum Gasteiger partial charge on any atom is -0.381 e. The van der Waals surface area contributed by atoms with Crippen LogP contribution in [0, 0.1) is 5.41 Å². The summed E-state index contributed by atoms with van der Waals surface area (Å²) in [6.07, 6.45) is 1.97. The van der Waals surface area contributed by atoms with Gasteiger partial charge in [-0.2, -0.15) is 5.53 Å². The largest absolute Gasteiger partial charge is 0.381 e. The molecule has 0 atom stereocenters. The lowest BCUT2D eigenvalue weighted by Crippen LogP contribution is -2.46. The number of nitrogens with one attached hydrogen (secondary N) is 2. The van der Waals surface area contributed by atoms with Crippen LogP contribution in [0.3, 0.4) is 0 Å². The molecule has 1 aliphatic heterocycles. The Kier molecular flexibility index (Phi) is 5.00. The normalized spacial score (nSPS) is 16.5. The molecule has 0 unspecified atom stereocenters. The second kappa shape index (κ2) is 6.75. The van der Waals surface area contributed by atoms with Gasteiger partial charge in [0.05, 0.1) is 5.69 Å². The van der Waals surface area contributed by atoms with Crippen molar-refractivity contribution >= 4 is 22.6 Å². The topological polar surface area (TPSA) is 74.4 Å². The molecule has 2 rings (SSSR count). The quantitative estimate of drug-likeness (QED) is 0.336. The van der Waals surface area contributed by atoms with Crippen LogP contribution in [0.25, 0.3) is 0 Å². The van der Waals surface area contributed by atoms with Crippen LogP contribution in [-0.4, -0.2) is 23.6 Å². The number of ether oxygens (including phenoxy) is 1. The number of benzene rings is 1. The van der Waals surface area contributed by atoms with E-state index in [4.69, 9.17) is 16.0 Å². The molecular weight excluding hydrogens is 248 g/mol. The van der Waals surface area contributed by atoms with Crippen molar-refractivity contribution < 1.29 is 4.74 Å². The first-order valence-electron chi connectivity index (χ1n) is 5.95. The maximum absolute atomic E-state index is 8.13. The van der Waals surface area contributed by atoms with Gasteiger partial charge in [-0.25, -0.2) is 5.01 Å². The van der Waals surface area contributed by atoms with E-state index in [1.54, 1.807) is 5.01 Å². The van der Waals surface area contributed by atoms with Gasteiger partial charge in [0.15, 0.2) is 5.17 Å². The Labute approximate surface area is 111 Å². The number of nitrogens with zero attached hydrogens (tertiary/aromatic N) is 1. The predicted molar refractivity (Wildman–Crippen MR) is 75.4 cm³/mol. The first kappa shape index (κ1) is 13.4. The van der Waals surface area contributed by atoms with Gasteiger partial charge in [0, 0.05) is 18.5 Å². The summed E-state index contributed by atoms with van der Waals surface area (Å²) in [5, 5.41) is 10.6. The maximum Gasteiger partial charge on any atom is 0.177 e. The molecular formula is C12H18N4OS. The van der Waals surface area contributed by atoms with Crippen molar-refractivity contribution in [3.63, 3.8) is 0 Å². The molecule has 1 saturated heterocycles. The zero-order valence-electron chi connectivity index (χ0n) is 10.1. The first-order chi connectivity index (χ1) is 8.81. The molecule has 5 nitrogen and oxygen atoms in total. The second-order valence-corrected chi connectivity index (χ2v) is 5.32. The summed E-state index contributed by atoms with van der Waals surface area (Å²) in [4.78, 5) is 0. The molecule has 0 saturated carbocycles. The molecule has 0 bridgehead atoms. The molecule has 98 valence electrons. The van der Waals surface area contributed by atoms with E-state index in [1.165, 1.54) is 11.8 Å². The zero-order valence-corrected chi connectivity index (χ0v) is 11.0. The van der Waals surface area contributed by atoms with Crippen molar-refractivity contribution in [2.45, 2.75) is 18.1 Å². The third-order valence-electron chi connectivity index (χ3n) is 2.79. The maximum atomic E-state index is 8.13. The number of anilines is 1. The highest BCUT2D eigenvalue weighted by Crippen LogP contribution is 2.25. The summed E-state index contributed by atoms with van der Waals surface area (Å²) < 4.78 is 5.31. The molecule has 0 spiro atoms. The number of nitrogens with two attached hydrogens (primary N) is 1. The van der Waals surface area contributed by atoms with Gasteiger partial charge in [0.2, 0.25) is 0 Å². The fourth-order valence-electron chi connectivity index (χ4n) is 1.83. The van der Waals surface area contributed by atoms with Crippen molar-refractivity contribution in [1.82, 2.24) is 5.53 Å². The Morgan fingerprint density at radius 2 is 2.00 bits per heavy atom. The van der Waals surface area contributed by atoms with Crippen molar-refractivity contribution in [2.24, 2.45) is 5.84 Å². The minimum atomic E-state index is 0.413. The van der Waals surface area contributed by atoms with Gasteiger partial charge >= 0.3 is 0 Å². The van der Waals surface area contributed by atoms with Crippen LogP contribution in [0.15, 0.2) is 30.3 Å². The van der Waals surface area contributed by atoms with Crippen molar-refractivity contribution in [3.05, 3.63) is 30.3 Å². The molecule has 4 N–H and O–H groups in total. The van der Waals surface area contributed by atoms with Crippen LogP contribution in [0.1, 0.15) is 12.8 Å². The van der Waals surface area contributed by atoms with E-state index in [-0.39, 0.29) is 0 Å². The van der Waals surface area contributed by atoms with Crippen molar-refractivity contribution in [1.29, 1.82) is 5.41 Å². The number of rotatable bonds is 3. The molecule has 1 heterocycles. The molecule has 0 radical (unpaired) electrons. The Bertz CT molecular complexity index is 381. The number of thioether (sulfide) groups is 1.